The quantitative estimate of drug-likeness (QED) is 0.732. The highest BCUT2D eigenvalue weighted by Crippen LogP contribution is 2.14. The van der Waals surface area contributed by atoms with Crippen LogP contribution < -0.4 is 0 Å². The summed E-state index contributed by atoms with van der Waals surface area (Å²) in [6, 6.07) is 1.69. The fourth-order valence-electron chi connectivity index (χ4n) is 0.790. The van der Waals surface area contributed by atoms with Crippen LogP contribution >= 0.6 is 0 Å². The molecule has 0 radical (unpaired) electrons. The lowest BCUT2D eigenvalue weighted by Crippen LogP contribution is -2.18. The summed E-state index contributed by atoms with van der Waals surface area (Å²) in [6.07, 6.45) is -2.71. The Kier molecular flexibility index (Phi) is 2.92. The Hall–Kier alpha value is -1.04. The van der Waals surface area contributed by atoms with E-state index in [9.17, 15) is 13.2 Å². The molecule has 1 heterocycles. The van der Waals surface area contributed by atoms with Crippen molar-refractivity contribution in [1.82, 2.24) is 9.78 Å². The molecule has 1 aromatic rings. The molecular weight excluding hydrogens is 185 g/mol. The van der Waals surface area contributed by atoms with Crippen molar-refractivity contribution in [2.24, 2.45) is 0 Å². The summed E-state index contributed by atoms with van der Waals surface area (Å²) < 4.78 is 40.5. The molecule has 74 valence electrons. The average Bonchev–Trinajstić information content (AvgIpc) is 2.33. The summed E-state index contributed by atoms with van der Waals surface area (Å²) in [5, 5.41) is 3.85. The third kappa shape index (κ3) is 3.93. The molecule has 0 spiro atoms. The Bertz CT molecular complexity index is 269. The van der Waals surface area contributed by atoms with E-state index in [1.54, 1.807) is 19.2 Å². The van der Waals surface area contributed by atoms with Crippen LogP contribution in [0.25, 0.3) is 0 Å². The summed E-state index contributed by atoms with van der Waals surface area (Å²) >= 11 is 0. The van der Waals surface area contributed by atoms with E-state index < -0.39 is 12.8 Å². The fourth-order valence-corrected chi connectivity index (χ4v) is 0.790. The van der Waals surface area contributed by atoms with Crippen LogP contribution in [0.2, 0.25) is 0 Å². The van der Waals surface area contributed by atoms with Crippen molar-refractivity contribution in [1.29, 1.82) is 0 Å². The average molecular weight is 194 g/mol. The van der Waals surface area contributed by atoms with Gasteiger partial charge < -0.3 is 4.74 Å². The number of hydrogen-bond donors (Lipinski definition) is 0. The van der Waals surface area contributed by atoms with E-state index in [0.29, 0.717) is 0 Å². The zero-order valence-corrected chi connectivity index (χ0v) is 7.01. The molecule has 0 bridgehead atoms. The number of aromatic nitrogens is 2. The SMILES string of the molecule is Cc1ccn(COCC(F)(F)F)n1. The van der Waals surface area contributed by atoms with Crippen LogP contribution in [0.1, 0.15) is 5.69 Å². The second kappa shape index (κ2) is 3.78. The first-order valence-corrected chi connectivity index (χ1v) is 3.62. The second-order valence-electron chi connectivity index (χ2n) is 2.59. The number of hydrogen-bond acceptors (Lipinski definition) is 2. The molecule has 0 fully saturated rings. The van der Waals surface area contributed by atoms with Crippen molar-refractivity contribution in [3.05, 3.63) is 18.0 Å². The van der Waals surface area contributed by atoms with Gasteiger partial charge in [0.15, 0.2) is 0 Å². The highest BCUT2D eigenvalue weighted by Gasteiger charge is 2.27. The van der Waals surface area contributed by atoms with Gasteiger partial charge in [0.25, 0.3) is 0 Å². The van der Waals surface area contributed by atoms with Gasteiger partial charge in [-0.25, -0.2) is 4.68 Å². The van der Waals surface area contributed by atoms with Gasteiger partial charge in [-0.2, -0.15) is 18.3 Å². The molecule has 0 aliphatic rings. The monoisotopic (exact) mass is 194 g/mol. The van der Waals surface area contributed by atoms with Crippen LogP contribution in [0, 0.1) is 6.92 Å². The summed E-state index contributed by atoms with van der Waals surface area (Å²) in [6.45, 7) is 0.333. The number of halogens is 3. The molecule has 3 nitrogen and oxygen atoms in total. The highest BCUT2D eigenvalue weighted by molar-refractivity contribution is 4.94. The molecular formula is C7H9F3N2O. The van der Waals surface area contributed by atoms with Crippen LogP contribution in [-0.2, 0) is 11.5 Å². The molecule has 6 heteroatoms. The van der Waals surface area contributed by atoms with Gasteiger partial charge in [0, 0.05) is 6.20 Å². The van der Waals surface area contributed by atoms with Crippen molar-refractivity contribution in [3.63, 3.8) is 0 Å². The predicted molar refractivity (Wildman–Crippen MR) is 39.0 cm³/mol. The number of ether oxygens (including phenoxy) is 1. The minimum absolute atomic E-state index is 0.173. The van der Waals surface area contributed by atoms with Gasteiger partial charge >= 0.3 is 6.18 Å². The molecule has 0 atom stereocenters. The molecule has 0 aromatic carbocycles. The molecule has 0 unspecified atom stereocenters. The van der Waals surface area contributed by atoms with Crippen molar-refractivity contribution in [3.8, 4) is 0 Å². The number of nitrogens with zero attached hydrogens (tertiary/aromatic N) is 2. The standard InChI is InChI=1S/C7H9F3N2O/c1-6-2-3-12(11-6)5-13-4-7(8,9)10/h2-3H,4-5H2,1H3. The maximum absolute atomic E-state index is 11.6. The van der Waals surface area contributed by atoms with Crippen molar-refractivity contribution in [2.75, 3.05) is 6.61 Å². The van der Waals surface area contributed by atoms with Crippen LogP contribution in [0.3, 0.4) is 0 Å². The van der Waals surface area contributed by atoms with E-state index in [2.05, 4.69) is 9.84 Å². The first kappa shape index (κ1) is 10.0. The Labute approximate surface area is 73.1 Å². The summed E-state index contributed by atoms with van der Waals surface area (Å²) in [7, 11) is 0. The zero-order valence-electron chi connectivity index (χ0n) is 7.01. The second-order valence-corrected chi connectivity index (χ2v) is 2.59. The Morgan fingerprint density at radius 3 is 2.69 bits per heavy atom. The fraction of sp³-hybridized carbons (Fsp3) is 0.571. The molecule has 13 heavy (non-hydrogen) atoms. The van der Waals surface area contributed by atoms with Crippen LogP contribution in [-0.4, -0.2) is 22.6 Å². The van der Waals surface area contributed by atoms with Gasteiger partial charge in [-0.1, -0.05) is 0 Å². The lowest BCUT2D eigenvalue weighted by Gasteiger charge is -2.06. The van der Waals surface area contributed by atoms with Gasteiger partial charge in [-0.3, -0.25) is 0 Å². The number of rotatable bonds is 3. The third-order valence-electron chi connectivity index (χ3n) is 1.26. The Morgan fingerprint density at radius 2 is 2.23 bits per heavy atom. The minimum Gasteiger partial charge on any atom is -0.350 e. The minimum atomic E-state index is -4.28. The van der Waals surface area contributed by atoms with E-state index in [0.717, 1.165) is 5.69 Å². The van der Waals surface area contributed by atoms with Gasteiger partial charge in [0.05, 0.1) is 5.69 Å². The molecule has 1 aromatic heterocycles. The van der Waals surface area contributed by atoms with E-state index in [1.807, 2.05) is 0 Å². The van der Waals surface area contributed by atoms with Crippen molar-refractivity contribution >= 4 is 0 Å². The lowest BCUT2D eigenvalue weighted by molar-refractivity contribution is -0.182. The van der Waals surface area contributed by atoms with E-state index in [-0.39, 0.29) is 6.73 Å². The highest BCUT2D eigenvalue weighted by atomic mass is 19.4. The zero-order chi connectivity index (χ0) is 9.90. The molecule has 0 N–H and O–H groups in total. The van der Waals surface area contributed by atoms with Gasteiger partial charge in [0.2, 0.25) is 0 Å². The normalized spacial score (nSPS) is 12.0. The van der Waals surface area contributed by atoms with Crippen molar-refractivity contribution in [2.45, 2.75) is 19.8 Å². The smallest absolute Gasteiger partial charge is 0.350 e. The Morgan fingerprint density at radius 1 is 1.54 bits per heavy atom. The predicted octanol–water partition coefficient (Wildman–Crippen LogP) is 1.73. The van der Waals surface area contributed by atoms with Crippen LogP contribution in [0.15, 0.2) is 12.3 Å². The first-order valence-electron chi connectivity index (χ1n) is 3.62. The Balaban J connectivity index is 2.28. The van der Waals surface area contributed by atoms with Gasteiger partial charge in [0.1, 0.15) is 13.3 Å². The third-order valence-corrected chi connectivity index (χ3v) is 1.26. The molecule has 0 aliphatic carbocycles. The van der Waals surface area contributed by atoms with Crippen molar-refractivity contribution < 1.29 is 17.9 Å². The molecule has 1 rings (SSSR count). The lowest BCUT2D eigenvalue weighted by atomic mass is 10.5. The maximum Gasteiger partial charge on any atom is 0.411 e. The topological polar surface area (TPSA) is 27.1 Å². The maximum atomic E-state index is 11.6. The van der Waals surface area contributed by atoms with Gasteiger partial charge in [-0.05, 0) is 13.0 Å². The van der Waals surface area contributed by atoms with E-state index >= 15 is 0 Å². The molecule has 0 amide bonds. The first-order chi connectivity index (χ1) is 5.97. The summed E-state index contributed by atoms with van der Waals surface area (Å²) in [5.41, 5.74) is 0.746. The van der Waals surface area contributed by atoms with Crippen LogP contribution in [0.4, 0.5) is 13.2 Å². The van der Waals surface area contributed by atoms with Gasteiger partial charge in [-0.15, -0.1) is 0 Å². The number of alkyl halides is 3. The number of aryl methyl sites for hydroxylation is 1. The molecule has 0 aliphatic heterocycles. The van der Waals surface area contributed by atoms with E-state index in [1.165, 1.54) is 4.68 Å². The van der Waals surface area contributed by atoms with E-state index in [4.69, 9.17) is 0 Å². The summed E-state index contributed by atoms with van der Waals surface area (Å²) in [4.78, 5) is 0. The molecule has 0 saturated carbocycles. The molecule has 0 saturated heterocycles. The van der Waals surface area contributed by atoms with Crippen LogP contribution in [0.5, 0.6) is 0 Å². The summed E-state index contributed by atoms with van der Waals surface area (Å²) in [5.74, 6) is 0. The largest absolute Gasteiger partial charge is 0.411 e.